The minimum atomic E-state index is 1.05. The van der Waals surface area contributed by atoms with E-state index in [1.165, 1.54) is 476 Å². The van der Waals surface area contributed by atoms with Crippen molar-refractivity contribution in [1.29, 1.82) is 0 Å². The van der Waals surface area contributed by atoms with E-state index in [0.29, 0.717) is 0 Å². The number of hydrogen-bond acceptors (Lipinski definition) is 10. The molecular weight excluding hydrogens is 1530 g/mol. The standard InChI is InChI=1S/C104H164N2S8/c1-9-15-21-27-33-39-45-51-57-63-69-85-79-84(8)108-97(85)95-81-87(71-65-59-53-47-41-35-29-23-17-11-3)99(111-95)103-105-89(73-67-61-55-49-43-37-31-25-19-13-5)101(113-103)102-90(74-68-62-56-50-44-38-32-26-20-14-6)106-104(114-102)100-88(72-66-60-54-48-42-36-30-24-18-12-4)82-96(112-100)98-86(70-64-58-52-46-40-34-28-22-16-10-2)80-94(110-98)93-78-77-92(109-93)91-76-75-83(7)107-91/h75-82H,9-74H2,1-8H3. The predicted molar refractivity (Wildman–Crippen MR) is 526 cm³/mol. The molecule has 0 fully saturated rings. The van der Waals surface area contributed by atoms with Crippen molar-refractivity contribution in [3.05, 3.63) is 91.9 Å². The molecule has 0 atom stereocenters. The van der Waals surface area contributed by atoms with Crippen molar-refractivity contribution in [1.82, 2.24) is 9.97 Å². The van der Waals surface area contributed by atoms with Gasteiger partial charge in [-0.05, 0) is 162 Å². The third-order valence-electron chi connectivity index (χ3n) is 24.4. The van der Waals surface area contributed by atoms with Crippen LogP contribution in [0.15, 0.2) is 48.5 Å². The quantitative estimate of drug-likeness (QED) is 0.0355. The molecule has 8 rings (SSSR count). The summed E-state index contributed by atoms with van der Waals surface area (Å²) in [6.45, 7) is 18.7. The van der Waals surface area contributed by atoms with Crippen LogP contribution in [0.25, 0.3) is 68.5 Å². The zero-order valence-corrected chi connectivity index (χ0v) is 81.0. The summed E-state index contributed by atoms with van der Waals surface area (Å²) >= 11 is 16.5. The van der Waals surface area contributed by atoms with Crippen molar-refractivity contribution in [3.8, 4) is 68.5 Å². The maximum absolute atomic E-state index is 6.13. The second kappa shape index (κ2) is 60.9. The SMILES string of the molecule is CCCCCCCCCCCCc1cc(C)sc1-c1cc(CCCCCCCCCCCC)c(-c2nc(CCCCCCCCCCCC)c(-c3sc(-c4sc(-c5sc(-c6ccc(-c7ccc(C)s7)s6)cc5CCCCCCCCCCCC)cc4CCCCCCCCCCCC)nc3CCCCCCCCCCCC)s2)s1. The van der Waals surface area contributed by atoms with Gasteiger partial charge in [0, 0.05) is 48.8 Å². The molecule has 0 aliphatic heterocycles. The first-order valence-electron chi connectivity index (χ1n) is 48.9. The Balaban J connectivity index is 1.18. The van der Waals surface area contributed by atoms with Crippen molar-refractivity contribution in [2.24, 2.45) is 0 Å². The van der Waals surface area contributed by atoms with Crippen LogP contribution in [0.1, 0.15) is 470 Å². The maximum Gasteiger partial charge on any atom is 0.134 e. The van der Waals surface area contributed by atoms with Gasteiger partial charge in [0.25, 0.3) is 0 Å². The van der Waals surface area contributed by atoms with E-state index in [1.54, 1.807) is 27.1 Å². The molecule has 0 aliphatic carbocycles. The molecule has 8 aromatic rings. The smallest absolute Gasteiger partial charge is 0.134 e. The topological polar surface area (TPSA) is 25.8 Å². The van der Waals surface area contributed by atoms with Gasteiger partial charge in [0.05, 0.1) is 30.9 Å². The molecule has 10 heteroatoms. The molecule has 0 saturated heterocycles. The van der Waals surface area contributed by atoms with Gasteiger partial charge in [-0.25, -0.2) is 9.97 Å². The fraction of sp³-hybridized carbons (Fsp3) is 0.712. The van der Waals surface area contributed by atoms with E-state index < -0.39 is 0 Å². The number of thiazole rings is 2. The average molecular weight is 1700 g/mol. The highest BCUT2D eigenvalue weighted by Gasteiger charge is 2.28. The third kappa shape index (κ3) is 36.6. The Bertz CT molecular complexity index is 3670. The van der Waals surface area contributed by atoms with Crippen LogP contribution in [-0.4, -0.2) is 9.97 Å². The Kier molecular flexibility index (Phi) is 51.7. The normalized spacial score (nSPS) is 11.9. The fourth-order valence-electron chi connectivity index (χ4n) is 17.3. The fourth-order valence-corrected chi connectivity index (χ4v) is 26.9. The summed E-state index contributed by atoms with van der Waals surface area (Å²) < 4.78 is 0. The van der Waals surface area contributed by atoms with Gasteiger partial charge in [-0.1, -0.05) is 388 Å². The monoisotopic (exact) mass is 1700 g/mol. The number of thiophene rings is 6. The van der Waals surface area contributed by atoms with E-state index in [-0.39, 0.29) is 0 Å². The Morgan fingerprint density at radius 1 is 0.184 bits per heavy atom. The lowest BCUT2D eigenvalue weighted by Crippen LogP contribution is -1.93. The second-order valence-electron chi connectivity index (χ2n) is 34.9. The molecular formula is C104H164N2S8. The third-order valence-corrected chi connectivity index (χ3v) is 34.5. The molecule has 0 bridgehead atoms. The van der Waals surface area contributed by atoms with Crippen molar-refractivity contribution in [2.75, 3.05) is 0 Å². The van der Waals surface area contributed by atoms with E-state index in [0.717, 1.165) is 32.1 Å². The van der Waals surface area contributed by atoms with Crippen molar-refractivity contribution < 1.29 is 0 Å². The number of nitrogens with zero attached hydrogens (tertiary/aromatic N) is 2. The Morgan fingerprint density at radius 3 is 0.728 bits per heavy atom. The Hall–Kier alpha value is -2.54. The molecule has 114 heavy (non-hydrogen) atoms. The summed E-state index contributed by atoms with van der Waals surface area (Å²) in [5.41, 5.74) is 9.03. The molecule has 0 amide bonds. The largest absolute Gasteiger partial charge is 0.240 e. The van der Waals surface area contributed by atoms with Gasteiger partial charge < -0.3 is 0 Å². The van der Waals surface area contributed by atoms with Gasteiger partial charge in [-0.2, -0.15) is 0 Å². The number of aromatic nitrogens is 2. The number of unbranched alkanes of at least 4 members (excludes halogenated alkanes) is 54. The molecule has 2 nitrogen and oxygen atoms in total. The van der Waals surface area contributed by atoms with E-state index in [4.69, 9.17) is 9.97 Å². The lowest BCUT2D eigenvalue weighted by atomic mass is 10.0. The maximum atomic E-state index is 6.13. The molecule has 0 spiro atoms. The highest BCUT2D eigenvalue weighted by Crippen LogP contribution is 2.53. The van der Waals surface area contributed by atoms with Gasteiger partial charge in [0.15, 0.2) is 0 Å². The van der Waals surface area contributed by atoms with Crippen LogP contribution in [0, 0.1) is 13.8 Å². The van der Waals surface area contributed by atoms with Gasteiger partial charge in [-0.15, -0.1) is 90.7 Å². The lowest BCUT2D eigenvalue weighted by molar-refractivity contribution is 0.555. The summed E-state index contributed by atoms with van der Waals surface area (Å²) in [7, 11) is 0. The molecule has 0 unspecified atom stereocenters. The molecule has 8 heterocycles. The highest BCUT2D eigenvalue weighted by molar-refractivity contribution is 7.31. The summed E-state index contributed by atoms with van der Waals surface area (Å²) in [4.78, 5) is 32.7. The molecule has 0 saturated carbocycles. The van der Waals surface area contributed by atoms with Crippen LogP contribution in [0.2, 0.25) is 0 Å². The van der Waals surface area contributed by atoms with Crippen LogP contribution in [-0.2, 0) is 38.5 Å². The number of hydrogen-bond donors (Lipinski definition) is 0. The highest BCUT2D eigenvalue weighted by atomic mass is 32.1. The molecule has 8 aromatic heterocycles. The van der Waals surface area contributed by atoms with Crippen molar-refractivity contribution >= 4 is 90.7 Å². The van der Waals surface area contributed by atoms with Crippen LogP contribution < -0.4 is 0 Å². The lowest BCUT2D eigenvalue weighted by Gasteiger charge is -2.05. The summed E-state index contributed by atoms with van der Waals surface area (Å²) in [6, 6.07) is 20.1. The average Bonchev–Trinajstić information content (AvgIpc) is 1.61. The van der Waals surface area contributed by atoms with Gasteiger partial charge in [0.2, 0.25) is 0 Å². The van der Waals surface area contributed by atoms with Crippen molar-refractivity contribution in [2.45, 2.75) is 479 Å². The zero-order chi connectivity index (χ0) is 80.1. The van der Waals surface area contributed by atoms with Gasteiger partial charge in [-0.3, -0.25) is 0 Å². The van der Waals surface area contributed by atoms with Crippen LogP contribution in [0.4, 0.5) is 0 Å². The van der Waals surface area contributed by atoms with Crippen molar-refractivity contribution in [3.63, 3.8) is 0 Å². The number of aryl methyl sites for hydroxylation is 8. The van der Waals surface area contributed by atoms with Crippen LogP contribution in [0.5, 0.6) is 0 Å². The van der Waals surface area contributed by atoms with Crippen LogP contribution >= 0.6 is 90.7 Å². The molecule has 638 valence electrons. The first-order valence-corrected chi connectivity index (χ1v) is 55.4. The first kappa shape index (κ1) is 96.9. The Morgan fingerprint density at radius 2 is 0.421 bits per heavy atom. The summed E-state index contributed by atoms with van der Waals surface area (Å²) in [6.07, 6.45) is 88.7. The van der Waals surface area contributed by atoms with E-state index in [2.05, 4.69) is 172 Å². The van der Waals surface area contributed by atoms with Crippen LogP contribution in [0.3, 0.4) is 0 Å². The van der Waals surface area contributed by atoms with Gasteiger partial charge >= 0.3 is 0 Å². The minimum absolute atomic E-state index is 1.05. The van der Waals surface area contributed by atoms with E-state index in [1.807, 2.05) is 22.7 Å². The summed E-state index contributed by atoms with van der Waals surface area (Å²) in [5, 5.41) is 2.58. The predicted octanol–water partition coefficient (Wildman–Crippen LogP) is 40.0. The Labute approximate surface area is 733 Å². The molecule has 0 aliphatic rings. The first-order chi connectivity index (χ1) is 56.2. The van der Waals surface area contributed by atoms with E-state index >= 15 is 0 Å². The van der Waals surface area contributed by atoms with Gasteiger partial charge in [0.1, 0.15) is 10.0 Å². The molecule has 0 aromatic carbocycles. The molecule has 0 radical (unpaired) electrons. The molecule has 0 N–H and O–H groups in total. The second-order valence-corrected chi connectivity index (χ2v) is 43.6. The zero-order valence-electron chi connectivity index (χ0n) is 74.4. The minimum Gasteiger partial charge on any atom is -0.240 e. The number of rotatable bonds is 73. The summed E-state index contributed by atoms with van der Waals surface area (Å²) in [5.74, 6) is 0. The van der Waals surface area contributed by atoms with E-state index in [9.17, 15) is 0 Å².